The molecule has 0 radical (unpaired) electrons. The number of thiazole rings is 1. The van der Waals surface area contributed by atoms with Gasteiger partial charge < -0.3 is 4.57 Å². The molecule has 0 unspecified atom stereocenters. The van der Waals surface area contributed by atoms with E-state index in [0.717, 1.165) is 29.5 Å². The molecule has 1 aliphatic heterocycles. The summed E-state index contributed by atoms with van der Waals surface area (Å²) < 4.78 is 30.3. The van der Waals surface area contributed by atoms with E-state index in [1.807, 2.05) is 4.57 Å². The fraction of sp³-hybridized carbons (Fsp3) is 0.417. The van der Waals surface area contributed by atoms with E-state index >= 15 is 0 Å². The highest BCUT2D eigenvalue weighted by Crippen LogP contribution is 2.27. The third kappa shape index (κ3) is 5.14. The standard InChI is InChI=1S/C24H27N3O3S3/c1-3-5-7-18-9-10-20-21(17-18)32-24(27(20)13-4-2)25-23(28)19-11-14-26(15-12-19)33(29,30)22-8-6-16-31-22/h2,6,8-10,16-17,19H,3,5,7,11-15H2,1H3. The highest BCUT2D eigenvalue weighted by molar-refractivity contribution is 7.91. The Morgan fingerprint density at radius 1 is 1.27 bits per heavy atom. The zero-order valence-electron chi connectivity index (χ0n) is 18.6. The van der Waals surface area contributed by atoms with Gasteiger partial charge in [0.1, 0.15) is 4.21 Å². The van der Waals surface area contributed by atoms with Crippen LogP contribution in [0.4, 0.5) is 0 Å². The first-order chi connectivity index (χ1) is 15.9. The lowest BCUT2D eigenvalue weighted by Crippen LogP contribution is -2.40. The van der Waals surface area contributed by atoms with Crippen LogP contribution in [-0.4, -0.2) is 36.3 Å². The molecule has 1 saturated heterocycles. The number of fused-ring (bicyclic) bond motifs is 1. The molecule has 33 heavy (non-hydrogen) atoms. The van der Waals surface area contributed by atoms with Gasteiger partial charge >= 0.3 is 0 Å². The third-order valence-corrected chi connectivity index (χ3v) is 10.2. The molecule has 0 saturated carbocycles. The topological polar surface area (TPSA) is 71.7 Å². The van der Waals surface area contributed by atoms with Crippen LogP contribution in [0.25, 0.3) is 10.2 Å². The van der Waals surface area contributed by atoms with E-state index in [2.05, 4.69) is 36.0 Å². The van der Waals surface area contributed by atoms with Crippen molar-refractivity contribution in [1.82, 2.24) is 8.87 Å². The van der Waals surface area contributed by atoms with Crippen LogP contribution in [0.1, 0.15) is 38.2 Å². The number of benzene rings is 1. The molecule has 1 aliphatic rings. The van der Waals surface area contributed by atoms with Crippen LogP contribution in [0.15, 0.2) is 44.9 Å². The van der Waals surface area contributed by atoms with Crippen LogP contribution in [0.2, 0.25) is 0 Å². The molecule has 2 aromatic heterocycles. The summed E-state index contributed by atoms with van der Waals surface area (Å²) in [6.45, 7) is 3.17. The fourth-order valence-electron chi connectivity index (χ4n) is 4.05. The molecule has 9 heteroatoms. The molecule has 1 amide bonds. The normalized spacial score (nSPS) is 16.3. The maximum absolute atomic E-state index is 13.0. The number of sulfonamides is 1. The number of aromatic nitrogens is 1. The van der Waals surface area contributed by atoms with Gasteiger partial charge in [0, 0.05) is 19.0 Å². The second-order valence-corrected chi connectivity index (χ2v) is 12.3. The van der Waals surface area contributed by atoms with Crippen LogP contribution in [-0.2, 0) is 27.8 Å². The van der Waals surface area contributed by atoms with E-state index in [-0.39, 0.29) is 11.8 Å². The van der Waals surface area contributed by atoms with Crippen molar-refractivity contribution in [1.29, 1.82) is 0 Å². The molecule has 1 aromatic carbocycles. The smallest absolute Gasteiger partial charge is 0.252 e. The van der Waals surface area contributed by atoms with Gasteiger partial charge in [-0.1, -0.05) is 42.7 Å². The number of thiophene rings is 1. The van der Waals surface area contributed by atoms with E-state index < -0.39 is 10.0 Å². The van der Waals surface area contributed by atoms with Crippen molar-refractivity contribution >= 4 is 48.8 Å². The highest BCUT2D eigenvalue weighted by Gasteiger charge is 2.32. The van der Waals surface area contributed by atoms with Crippen molar-refractivity contribution in [3.63, 3.8) is 0 Å². The SMILES string of the molecule is C#CCn1c(=NC(=O)C2CCN(S(=O)(=O)c3cccs3)CC2)sc2cc(CCCC)ccc21. The van der Waals surface area contributed by atoms with Crippen molar-refractivity contribution in [2.24, 2.45) is 10.9 Å². The molecule has 3 heterocycles. The Kier molecular flexibility index (Phi) is 7.49. The van der Waals surface area contributed by atoms with Gasteiger partial charge in [-0.25, -0.2) is 8.42 Å². The maximum atomic E-state index is 13.0. The summed E-state index contributed by atoms with van der Waals surface area (Å²) in [5, 5.41) is 1.76. The number of unbranched alkanes of at least 4 members (excludes halogenated alkanes) is 1. The Hall–Kier alpha value is -2.25. The minimum absolute atomic E-state index is 0.202. The van der Waals surface area contributed by atoms with E-state index in [1.54, 1.807) is 17.5 Å². The predicted octanol–water partition coefficient (Wildman–Crippen LogP) is 4.27. The van der Waals surface area contributed by atoms with Gasteiger partial charge in [0.15, 0.2) is 4.80 Å². The van der Waals surface area contributed by atoms with E-state index in [9.17, 15) is 13.2 Å². The first kappa shape index (κ1) is 23.9. The Morgan fingerprint density at radius 3 is 2.73 bits per heavy atom. The molecule has 0 bridgehead atoms. The number of terminal acetylenes is 1. The van der Waals surface area contributed by atoms with Crippen LogP contribution in [0.3, 0.4) is 0 Å². The van der Waals surface area contributed by atoms with Crippen molar-refractivity contribution in [3.05, 3.63) is 46.1 Å². The zero-order chi connectivity index (χ0) is 23.4. The third-order valence-electron chi connectivity index (χ3n) is 5.91. The minimum Gasteiger partial charge on any atom is -0.305 e. The first-order valence-corrected chi connectivity index (χ1v) is 14.3. The van der Waals surface area contributed by atoms with Gasteiger partial charge in [-0.15, -0.1) is 17.8 Å². The molecule has 1 fully saturated rings. The average molecular weight is 502 g/mol. The largest absolute Gasteiger partial charge is 0.305 e. The van der Waals surface area contributed by atoms with Crippen LogP contribution in [0.5, 0.6) is 0 Å². The summed E-state index contributed by atoms with van der Waals surface area (Å²) in [7, 11) is -3.48. The molecule has 0 atom stereocenters. The number of hydrogen-bond donors (Lipinski definition) is 0. The van der Waals surface area contributed by atoms with Crippen molar-refractivity contribution in [2.75, 3.05) is 13.1 Å². The molecular formula is C24H27N3O3S3. The van der Waals surface area contributed by atoms with Gasteiger partial charge in [0.05, 0.1) is 16.8 Å². The fourth-order valence-corrected chi connectivity index (χ4v) is 7.76. The highest BCUT2D eigenvalue weighted by atomic mass is 32.2. The van der Waals surface area contributed by atoms with E-state index in [4.69, 9.17) is 6.42 Å². The van der Waals surface area contributed by atoms with Crippen molar-refractivity contribution in [2.45, 2.75) is 49.8 Å². The Morgan fingerprint density at radius 2 is 2.06 bits per heavy atom. The van der Waals surface area contributed by atoms with Gasteiger partial charge in [0.2, 0.25) is 0 Å². The number of piperidine rings is 1. The second-order valence-electron chi connectivity index (χ2n) is 8.14. The summed E-state index contributed by atoms with van der Waals surface area (Å²) >= 11 is 2.69. The Labute approximate surface area is 202 Å². The molecule has 6 nitrogen and oxygen atoms in total. The van der Waals surface area contributed by atoms with Gasteiger partial charge in [-0.05, 0) is 54.8 Å². The molecule has 0 spiro atoms. The lowest BCUT2D eigenvalue weighted by Gasteiger charge is -2.29. The summed E-state index contributed by atoms with van der Waals surface area (Å²) in [6, 6.07) is 9.70. The Bertz CT molecular complexity index is 1340. The quantitative estimate of drug-likeness (QED) is 0.454. The average Bonchev–Trinajstić information content (AvgIpc) is 3.47. The first-order valence-electron chi connectivity index (χ1n) is 11.1. The van der Waals surface area contributed by atoms with E-state index in [0.29, 0.717) is 41.5 Å². The number of rotatable bonds is 7. The molecule has 4 rings (SSSR count). The van der Waals surface area contributed by atoms with Crippen molar-refractivity contribution < 1.29 is 13.2 Å². The lowest BCUT2D eigenvalue weighted by atomic mass is 9.98. The van der Waals surface area contributed by atoms with Crippen LogP contribution >= 0.6 is 22.7 Å². The number of hydrogen-bond acceptors (Lipinski definition) is 5. The Balaban J connectivity index is 1.54. The summed E-state index contributed by atoms with van der Waals surface area (Å²) in [5.74, 6) is 2.18. The molecule has 174 valence electrons. The number of aryl methyl sites for hydroxylation is 1. The number of nitrogens with zero attached hydrogens (tertiary/aromatic N) is 3. The number of amides is 1. The minimum atomic E-state index is -3.48. The van der Waals surface area contributed by atoms with Gasteiger partial charge in [-0.3, -0.25) is 4.79 Å². The number of carbonyl (C=O) groups excluding carboxylic acids is 1. The van der Waals surface area contributed by atoms with Gasteiger partial charge in [0.25, 0.3) is 15.9 Å². The number of carbonyl (C=O) groups is 1. The second kappa shape index (κ2) is 10.3. The lowest BCUT2D eigenvalue weighted by molar-refractivity contribution is -0.122. The summed E-state index contributed by atoms with van der Waals surface area (Å²) in [4.78, 5) is 18.1. The molecule has 0 N–H and O–H groups in total. The van der Waals surface area contributed by atoms with Crippen molar-refractivity contribution in [3.8, 4) is 12.3 Å². The maximum Gasteiger partial charge on any atom is 0.252 e. The molecule has 3 aromatic rings. The van der Waals surface area contributed by atoms with Crippen LogP contribution < -0.4 is 4.80 Å². The summed E-state index contributed by atoms with van der Waals surface area (Å²) in [5.41, 5.74) is 2.26. The van der Waals surface area contributed by atoms with Crippen LogP contribution in [0, 0.1) is 18.3 Å². The predicted molar refractivity (Wildman–Crippen MR) is 134 cm³/mol. The van der Waals surface area contributed by atoms with E-state index in [1.165, 1.54) is 32.5 Å². The summed E-state index contributed by atoms with van der Waals surface area (Å²) in [6.07, 6.45) is 9.83. The zero-order valence-corrected chi connectivity index (χ0v) is 21.0. The monoisotopic (exact) mass is 501 g/mol. The van der Waals surface area contributed by atoms with Gasteiger partial charge in [-0.2, -0.15) is 9.30 Å². The molecule has 0 aliphatic carbocycles. The molecular weight excluding hydrogens is 474 g/mol.